The number of alkyl halides is 3. The lowest BCUT2D eigenvalue weighted by Gasteiger charge is -2.07. The van der Waals surface area contributed by atoms with Gasteiger partial charge in [0, 0.05) is 0 Å². The van der Waals surface area contributed by atoms with E-state index in [1.807, 2.05) is 0 Å². The maximum Gasteiger partial charge on any atom is 0.419 e. The molecular weight excluding hydrogens is 195 g/mol. The van der Waals surface area contributed by atoms with Gasteiger partial charge in [-0.1, -0.05) is 6.92 Å². The minimum absolute atomic E-state index is 0.219. The van der Waals surface area contributed by atoms with E-state index < -0.39 is 17.4 Å². The molecule has 0 aliphatic rings. The number of nitrogens with zero attached hydrogens (tertiary/aromatic N) is 3. The van der Waals surface area contributed by atoms with E-state index in [4.69, 9.17) is 5.26 Å². The summed E-state index contributed by atoms with van der Waals surface area (Å²) in [4.78, 5) is 0. The molecule has 6 heteroatoms. The third-order valence-electron chi connectivity index (χ3n) is 1.62. The van der Waals surface area contributed by atoms with Gasteiger partial charge in [0.25, 0.3) is 0 Å². The zero-order valence-electron chi connectivity index (χ0n) is 7.26. The van der Waals surface area contributed by atoms with Crippen LogP contribution in [0, 0.1) is 11.3 Å². The van der Waals surface area contributed by atoms with Crippen molar-refractivity contribution in [3.05, 3.63) is 23.0 Å². The quantitative estimate of drug-likeness (QED) is 0.697. The van der Waals surface area contributed by atoms with Crippen molar-refractivity contribution in [2.45, 2.75) is 19.5 Å². The molecule has 0 N–H and O–H groups in total. The molecular formula is C8H6F3N3. The highest BCUT2D eigenvalue weighted by molar-refractivity contribution is 5.33. The van der Waals surface area contributed by atoms with Crippen molar-refractivity contribution in [3.8, 4) is 6.07 Å². The third kappa shape index (κ3) is 1.99. The summed E-state index contributed by atoms with van der Waals surface area (Å²) < 4.78 is 37.0. The smallest absolute Gasteiger partial charge is 0.191 e. The maximum absolute atomic E-state index is 12.3. The largest absolute Gasteiger partial charge is 0.419 e. The Morgan fingerprint density at radius 2 is 2.07 bits per heavy atom. The second kappa shape index (κ2) is 3.62. The van der Waals surface area contributed by atoms with Crippen LogP contribution in [0.25, 0.3) is 0 Å². The standard InChI is InChI=1S/C8H6F3N3/c1-2-5-3-6(8(9,10)11)7(4-12)14-13-5/h3H,2H2,1H3. The summed E-state index contributed by atoms with van der Waals surface area (Å²) in [6, 6.07) is 2.21. The Morgan fingerprint density at radius 3 is 2.50 bits per heavy atom. The molecule has 0 atom stereocenters. The molecule has 1 aromatic rings. The molecule has 1 heterocycles. The zero-order chi connectivity index (χ0) is 10.8. The number of hydrogen-bond donors (Lipinski definition) is 0. The van der Waals surface area contributed by atoms with Gasteiger partial charge in [-0.3, -0.25) is 0 Å². The monoisotopic (exact) mass is 201 g/mol. The predicted octanol–water partition coefficient (Wildman–Crippen LogP) is 1.93. The Bertz CT molecular complexity index is 378. The zero-order valence-corrected chi connectivity index (χ0v) is 7.26. The molecule has 0 unspecified atom stereocenters. The Hall–Kier alpha value is -1.64. The van der Waals surface area contributed by atoms with E-state index in [0.717, 1.165) is 6.07 Å². The molecule has 0 radical (unpaired) electrons. The Kier molecular flexibility index (Phi) is 2.70. The molecule has 3 nitrogen and oxygen atoms in total. The molecule has 0 fully saturated rings. The van der Waals surface area contributed by atoms with Gasteiger partial charge in [0.05, 0.1) is 11.3 Å². The number of halogens is 3. The van der Waals surface area contributed by atoms with Crippen molar-refractivity contribution in [1.82, 2.24) is 10.2 Å². The van der Waals surface area contributed by atoms with E-state index >= 15 is 0 Å². The van der Waals surface area contributed by atoms with E-state index in [1.54, 1.807) is 6.92 Å². The van der Waals surface area contributed by atoms with E-state index in [1.165, 1.54) is 6.07 Å². The molecule has 1 aromatic heterocycles. The SMILES string of the molecule is CCc1cc(C(F)(F)F)c(C#N)nn1. The van der Waals surface area contributed by atoms with Gasteiger partial charge >= 0.3 is 6.18 Å². The minimum Gasteiger partial charge on any atom is -0.191 e. The first kappa shape index (κ1) is 10.4. The highest BCUT2D eigenvalue weighted by Gasteiger charge is 2.35. The molecule has 0 aliphatic carbocycles. The number of rotatable bonds is 1. The molecule has 0 saturated carbocycles. The molecule has 0 saturated heterocycles. The molecule has 1 rings (SSSR count). The van der Waals surface area contributed by atoms with E-state index in [0.29, 0.717) is 6.42 Å². The van der Waals surface area contributed by atoms with Crippen molar-refractivity contribution in [2.75, 3.05) is 0 Å². The van der Waals surface area contributed by atoms with E-state index in [9.17, 15) is 13.2 Å². The van der Waals surface area contributed by atoms with Crippen molar-refractivity contribution in [2.24, 2.45) is 0 Å². The lowest BCUT2D eigenvalue weighted by Crippen LogP contribution is -2.11. The van der Waals surface area contributed by atoms with Crippen LogP contribution in [0.2, 0.25) is 0 Å². The second-order valence-corrected chi connectivity index (χ2v) is 2.56. The second-order valence-electron chi connectivity index (χ2n) is 2.56. The van der Waals surface area contributed by atoms with E-state index in [2.05, 4.69) is 10.2 Å². The lowest BCUT2D eigenvalue weighted by molar-refractivity contribution is -0.138. The number of aryl methyl sites for hydroxylation is 1. The average molecular weight is 201 g/mol. The van der Waals surface area contributed by atoms with Crippen LogP contribution in [0.4, 0.5) is 13.2 Å². The predicted molar refractivity (Wildman–Crippen MR) is 41.1 cm³/mol. The van der Waals surface area contributed by atoms with Gasteiger partial charge in [-0.2, -0.15) is 23.5 Å². The Morgan fingerprint density at radius 1 is 1.43 bits per heavy atom. The van der Waals surface area contributed by atoms with Gasteiger partial charge in [0.1, 0.15) is 6.07 Å². The highest BCUT2D eigenvalue weighted by atomic mass is 19.4. The van der Waals surface area contributed by atoms with Crippen LogP contribution in [0.15, 0.2) is 6.07 Å². The van der Waals surface area contributed by atoms with Crippen LogP contribution in [-0.4, -0.2) is 10.2 Å². The summed E-state index contributed by atoms with van der Waals surface area (Å²) in [5.74, 6) is 0. The number of hydrogen-bond acceptors (Lipinski definition) is 3. The Labute approximate surface area is 78.2 Å². The van der Waals surface area contributed by atoms with Gasteiger partial charge in [-0.15, -0.1) is 5.10 Å². The normalized spacial score (nSPS) is 11.1. The van der Waals surface area contributed by atoms with Crippen molar-refractivity contribution in [3.63, 3.8) is 0 Å². The highest BCUT2D eigenvalue weighted by Crippen LogP contribution is 2.30. The molecule has 14 heavy (non-hydrogen) atoms. The fourth-order valence-electron chi connectivity index (χ4n) is 0.903. The molecule has 0 aromatic carbocycles. The maximum atomic E-state index is 12.3. The first-order valence-electron chi connectivity index (χ1n) is 3.83. The van der Waals surface area contributed by atoms with Crippen molar-refractivity contribution in [1.29, 1.82) is 5.26 Å². The number of nitriles is 1. The summed E-state index contributed by atoms with van der Waals surface area (Å²) >= 11 is 0. The lowest BCUT2D eigenvalue weighted by atomic mass is 10.1. The molecule has 0 aliphatic heterocycles. The van der Waals surface area contributed by atoms with Crippen molar-refractivity contribution >= 4 is 0 Å². The van der Waals surface area contributed by atoms with Crippen LogP contribution in [0.1, 0.15) is 23.9 Å². The van der Waals surface area contributed by atoms with Gasteiger partial charge < -0.3 is 0 Å². The van der Waals surface area contributed by atoms with Gasteiger partial charge in [0.15, 0.2) is 5.69 Å². The fourth-order valence-corrected chi connectivity index (χ4v) is 0.903. The van der Waals surface area contributed by atoms with Gasteiger partial charge in [-0.05, 0) is 12.5 Å². The summed E-state index contributed by atoms with van der Waals surface area (Å²) in [5.41, 5.74) is -1.49. The van der Waals surface area contributed by atoms with Gasteiger partial charge in [-0.25, -0.2) is 0 Å². The summed E-state index contributed by atoms with van der Waals surface area (Å²) in [7, 11) is 0. The summed E-state index contributed by atoms with van der Waals surface area (Å²) in [6.07, 6.45) is -4.20. The van der Waals surface area contributed by atoms with Crippen LogP contribution in [-0.2, 0) is 12.6 Å². The van der Waals surface area contributed by atoms with Crippen LogP contribution >= 0.6 is 0 Å². The first-order chi connectivity index (χ1) is 6.49. The third-order valence-corrected chi connectivity index (χ3v) is 1.62. The van der Waals surface area contributed by atoms with Gasteiger partial charge in [0.2, 0.25) is 0 Å². The summed E-state index contributed by atoms with van der Waals surface area (Å²) in [5, 5.41) is 15.1. The van der Waals surface area contributed by atoms with Crippen LogP contribution in [0.5, 0.6) is 0 Å². The molecule has 0 bridgehead atoms. The summed E-state index contributed by atoms with van der Waals surface area (Å²) in [6.45, 7) is 1.66. The molecule has 74 valence electrons. The average Bonchev–Trinajstić information content (AvgIpc) is 2.15. The van der Waals surface area contributed by atoms with Crippen LogP contribution < -0.4 is 0 Å². The molecule has 0 spiro atoms. The van der Waals surface area contributed by atoms with Crippen LogP contribution in [0.3, 0.4) is 0 Å². The fraction of sp³-hybridized carbons (Fsp3) is 0.375. The number of aromatic nitrogens is 2. The Balaban J connectivity index is 3.31. The minimum atomic E-state index is -4.55. The van der Waals surface area contributed by atoms with E-state index in [-0.39, 0.29) is 5.69 Å². The van der Waals surface area contributed by atoms with Crippen molar-refractivity contribution < 1.29 is 13.2 Å². The topological polar surface area (TPSA) is 49.6 Å². The molecule has 0 amide bonds. The first-order valence-corrected chi connectivity index (χ1v) is 3.83.